The van der Waals surface area contributed by atoms with Gasteiger partial charge in [0.1, 0.15) is 23.6 Å². The quantitative estimate of drug-likeness (QED) is 0.305. The number of halogens is 1. The first-order chi connectivity index (χ1) is 16.8. The van der Waals surface area contributed by atoms with Gasteiger partial charge in [0.05, 0.1) is 25.0 Å². The van der Waals surface area contributed by atoms with Crippen LogP contribution in [0.3, 0.4) is 0 Å². The minimum atomic E-state index is -4.23. The summed E-state index contributed by atoms with van der Waals surface area (Å²) in [6.07, 6.45) is -2.22. The fraction of sp³-hybridized carbons (Fsp3) is 0.500. The number of nitrogens with one attached hydrogen (secondary N) is 2. The predicted octanol–water partition coefficient (Wildman–Crippen LogP) is 1.63. The Kier molecular flexibility index (Phi) is 8.52. The molecule has 1 aliphatic heterocycles. The Morgan fingerprint density at radius 2 is 2.00 bits per heavy atom. The second-order valence-corrected chi connectivity index (χ2v) is 10.4. The van der Waals surface area contributed by atoms with Gasteiger partial charge in [-0.05, 0) is 39.8 Å². The van der Waals surface area contributed by atoms with Crippen molar-refractivity contribution in [3.63, 3.8) is 0 Å². The predicted molar refractivity (Wildman–Crippen MR) is 125 cm³/mol. The first-order valence-electron chi connectivity index (χ1n) is 11.2. The smallest absolute Gasteiger partial charge is 0.459 e. The molecule has 36 heavy (non-hydrogen) atoms. The largest absolute Gasteiger partial charge is 0.462 e. The molecule has 1 aromatic carbocycles. The molecule has 2 unspecified atom stereocenters. The second-order valence-electron chi connectivity index (χ2n) is 8.74. The Morgan fingerprint density at radius 1 is 1.33 bits per heavy atom. The highest BCUT2D eigenvalue weighted by Crippen LogP contribution is 2.46. The van der Waals surface area contributed by atoms with E-state index >= 15 is 0 Å². The summed E-state index contributed by atoms with van der Waals surface area (Å²) in [6.45, 7) is 5.68. The van der Waals surface area contributed by atoms with E-state index in [9.17, 15) is 28.4 Å². The number of ether oxygens (including phenoxy) is 2. The number of hydrogen-bond acceptors (Lipinski definition) is 9. The second kappa shape index (κ2) is 11.1. The van der Waals surface area contributed by atoms with Gasteiger partial charge in [0.25, 0.3) is 5.56 Å². The van der Waals surface area contributed by atoms with Gasteiger partial charge in [-0.15, -0.1) is 0 Å². The lowest BCUT2D eigenvalue weighted by molar-refractivity contribution is -0.149. The van der Waals surface area contributed by atoms with Crippen LogP contribution < -0.4 is 20.9 Å². The molecule has 1 aliphatic rings. The molecule has 0 aliphatic carbocycles. The number of aliphatic hydroxyl groups excluding tert-OH is 1. The highest BCUT2D eigenvalue weighted by molar-refractivity contribution is 7.52. The molecule has 0 amide bonds. The van der Waals surface area contributed by atoms with E-state index in [0.29, 0.717) is 6.20 Å². The van der Waals surface area contributed by atoms with E-state index in [0.717, 1.165) is 4.57 Å². The van der Waals surface area contributed by atoms with Gasteiger partial charge < -0.3 is 19.1 Å². The van der Waals surface area contributed by atoms with Crippen molar-refractivity contribution in [1.82, 2.24) is 14.6 Å². The fourth-order valence-electron chi connectivity index (χ4n) is 3.58. The van der Waals surface area contributed by atoms with Crippen molar-refractivity contribution in [3.8, 4) is 5.75 Å². The van der Waals surface area contributed by atoms with E-state index in [1.54, 1.807) is 32.0 Å². The Labute approximate surface area is 205 Å². The number of aromatic nitrogens is 2. The fourth-order valence-corrected chi connectivity index (χ4v) is 5.08. The third-order valence-corrected chi connectivity index (χ3v) is 6.91. The number of rotatable bonds is 10. The molecular weight excluding hydrogens is 500 g/mol. The maximum atomic E-state index is 13.8. The van der Waals surface area contributed by atoms with E-state index in [1.807, 2.05) is 4.98 Å². The summed E-state index contributed by atoms with van der Waals surface area (Å²) in [5, 5.41) is 13.1. The standard InChI is InChI=1S/C22H29FN3O9P/c1-13(2)33-20(29)14(3)25-36(31,35-15-8-6-5-7-9-15)32-12-18-17(27)10-22(4,34-18)26-11-16(23)19(28)24-21(26)30/h5-9,11,13-14,17-18,27H,10,12H2,1-4H3,(H,25,31)(H,24,28,30)/t14-,17?,18+,22+,36?/m0/s1. The maximum Gasteiger partial charge on any atom is 0.459 e. The van der Waals surface area contributed by atoms with E-state index in [1.165, 1.54) is 26.0 Å². The molecule has 0 bridgehead atoms. The number of benzene rings is 1. The summed E-state index contributed by atoms with van der Waals surface area (Å²) in [6, 6.07) is 7.00. The molecular formula is C22H29FN3O9P. The molecule has 5 atom stereocenters. The van der Waals surface area contributed by atoms with Crippen molar-refractivity contribution in [2.24, 2.45) is 0 Å². The van der Waals surface area contributed by atoms with Gasteiger partial charge in [0, 0.05) is 6.42 Å². The third-order valence-electron chi connectivity index (χ3n) is 5.27. The van der Waals surface area contributed by atoms with Crippen molar-refractivity contribution in [3.05, 3.63) is 63.2 Å². The normalized spacial score (nSPS) is 24.3. The molecule has 14 heteroatoms. The molecule has 1 saturated heterocycles. The van der Waals surface area contributed by atoms with Crippen LogP contribution in [-0.2, 0) is 29.1 Å². The van der Waals surface area contributed by atoms with Crippen LogP contribution in [0.4, 0.5) is 4.39 Å². The summed E-state index contributed by atoms with van der Waals surface area (Å²) < 4.78 is 50.2. The maximum absolute atomic E-state index is 13.8. The molecule has 1 fully saturated rings. The van der Waals surface area contributed by atoms with Crippen molar-refractivity contribution in [2.45, 2.75) is 64.2 Å². The van der Waals surface area contributed by atoms with Crippen LogP contribution in [-0.4, -0.2) is 51.6 Å². The van der Waals surface area contributed by atoms with Gasteiger partial charge in [-0.2, -0.15) is 9.48 Å². The average Bonchev–Trinajstić information content (AvgIpc) is 3.09. The van der Waals surface area contributed by atoms with Gasteiger partial charge in [-0.25, -0.2) is 9.36 Å². The van der Waals surface area contributed by atoms with Crippen molar-refractivity contribution < 1.29 is 37.4 Å². The molecule has 2 heterocycles. The Morgan fingerprint density at radius 3 is 2.64 bits per heavy atom. The van der Waals surface area contributed by atoms with Crippen LogP contribution in [0.1, 0.15) is 34.1 Å². The Bertz CT molecular complexity index is 1240. The van der Waals surface area contributed by atoms with E-state index in [4.69, 9.17) is 18.5 Å². The number of aliphatic hydroxyl groups is 1. The topological polar surface area (TPSA) is 158 Å². The minimum absolute atomic E-state index is 0.166. The third kappa shape index (κ3) is 6.68. The highest BCUT2D eigenvalue weighted by atomic mass is 31.2. The van der Waals surface area contributed by atoms with Gasteiger partial charge in [-0.1, -0.05) is 18.2 Å². The zero-order valence-corrected chi connectivity index (χ0v) is 21.1. The number of nitrogens with zero attached hydrogens (tertiary/aromatic N) is 1. The van der Waals surface area contributed by atoms with E-state index < -0.39 is 67.5 Å². The zero-order chi connectivity index (χ0) is 26.7. The van der Waals surface area contributed by atoms with E-state index in [-0.39, 0.29) is 12.2 Å². The lowest BCUT2D eigenvalue weighted by atomic mass is 10.1. The summed E-state index contributed by atoms with van der Waals surface area (Å²) in [5.74, 6) is -1.71. The number of aromatic amines is 1. The summed E-state index contributed by atoms with van der Waals surface area (Å²) in [5.41, 5.74) is -3.66. The summed E-state index contributed by atoms with van der Waals surface area (Å²) >= 11 is 0. The number of esters is 1. The van der Waals surface area contributed by atoms with Crippen LogP contribution in [0.25, 0.3) is 0 Å². The molecule has 1 aromatic heterocycles. The number of carbonyl (C=O) groups is 1. The van der Waals surface area contributed by atoms with Crippen LogP contribution in [0.2, 0.25) is 0 Å². The van der Waals surface area contributed by atoms with Crippen LogP contribution in [0.5, 0.6) is 5.75 Å². The first kappa shape index (κ1) is 27.8. The van der Waals surface area contributed by atoms with Gasteiger partial charge in [0.15, 0.2) is 0 Å². The van der Waals surface area contributed by atoms with Crippen molar-refractivity contribution >= 4 is 13.7 Å². The SMILES string of the molecule is CC(C)OC(=O)[C@H](C)NP(=O)(OC[C@H]1O[C@@](C)(n2cc(F)c(=O)[nH]c2=O)CC1O)Oc1ccccc1. The Hall–Kier alpha value is -2.83. The molecule has 12 nitrogen and oxygen atoms in total. The molecule has 3 N–H and O–H groups in total. The van der Waals surface area contributed by atoms with Gasteiger partial charge in [0.2, 0.25) is 5.82 Å². The van der Waals surface area contributed by atoms with Gasteiger partial charge in [-0.3, -0.25) is 23.7 Å². The van der Waals surface area contributed by atoms with Crippen LogP contribution in [0, 0.1) is 5.82 Å². The molecule has 0 saturated carbocycles. The molecule has 2 aromatic rings. The first-order valence-corrected chi connectivity index (χ1v) is 12.7. The van der Waals surface area contributed by atoms with Crippen molar-refractivity contribution in [1.29, 1.82) is 0 Å². The summed E-state index contributed by atoms with van der Waals surface area (Å²) in [7, 11) is -4.23. The Balaban J connectivity index is 1.78. The molecule has 0 spiro atoms. The lowest BCUT2D eigenvalue weighted by Crippen LogP contribution is -2.43. The lowest BCUT2D eigenvalue weighted by Gasteiger charge is -2.27. The van der Waals surface area contributed by atoms with Gasteiger partial charge >= 0.3 is 19.4 Å². The minimum Gasteiger partial charge on any atom is -0.462 e. The van der Waals surface area contributed by atoms with E-state index in [2.05, 4.69) is 5.09 Å². The number of para-hydroxylation sites is 1. The molecule has 198 valence electrons. The highest BCUT2D eigenvalue weighted by Gasteiger charge is 2.46. The van der Waals surface area contributed by atoms with Crippen LogP contribution >= 0.6 is 7.75 Å². The molecule has 3 rings (SSSR count). The number of hydrogen-bond donors (Lipinski definition) is 3. The van der Waals surface area contributed by atoms with Crippen LogP contribution in [0.15, 0.2) is 46.1 Å². The number of carbonyl (C=O) groups excluding carboxylic acids is 1. The average molecular weight is 529 g/mol. The molecule has 0 radical (unpaired) electrons. The monoisotopic (exact) mass is 529 g/mol. The van der Waals surface area contributed by atoms with Crippen molar-refractivity contribution in [2.75, 3.05) is 6.61 Å². The zero-order valence-electron chi connectivity index (χ0n) is 20.2. The summed E-state index contributed by atoms with van der Waals surface area (Å²) in [4.78, 5) is 37.7. The number of H-pyrrole nitrogens is 1.